The molecule has 0 spiro atoms. The van der Waals surface area contributed by atoms with Crippen molar-refractivity contribution in [3.05, 3.63) is 59.7 Å². The van der Waals surface area contributed by atoms with Crippen LogP contribution in [-0.2, 0) is 13.5 Å². The molecular formula is C20H19N3O3. The van der Waals surface area contributed by atoms with E-state index in [1.807, 2.05) is 42.5 Å². The highest BCUT2D eigenvalue weighted by Crippen LogP contribution is 2.27. The lowest BCUT2D eigenvalue weighted by Gasteiger charge is -2.06. The van der Waals surface area contributed by atoms with E-state index in [1.165, 1.54) is 0 Å². The number of rotatable bonds is 4. The summed E-state index contributed by atoms with van der Waals surface area (Å²) < 4.78 is 12.4. The van der Waals surface area contributed by atoms with Crippen LogP contribution in [0.1, 0.15) is 15.9 Å². The van der Waals surface area contributed by atoms with Crippen molar-refractivity contribution < 1.29 is 14.3 Å². The number of nitrogens with zero attached hydrogens (tertiary/aromatic N) is 2. The number of carbonyl (C=O) groups excluding carboxylic acids is 1. The molecule has 0 saturated heterocycles. The van der Waals surface area contributed by atoms with Gasteiger partial charge >= 0.3 is 0 Å². The maximum Gasteiger partial charge on any atom is 0.256 e. The Bertz CT molecular complexity index is 978. The van der Waals surface area contributed by atoms with E-state index in [4.69, 9.17) is 9.47 Å². The third kappa shape index (κ3) is 3.01. The van der Waals surface area contributed by atoms with Crippen molar-refractivity contribution in [3.8, 4) is 22.8 Å². The van der Waals surface area contributed by atoms with Gasteiger partial charge in [0.15, 0.2) is 0 Å². The normalized spacial score (nSPS) is 12.4. The topological polar surface area (TPSA) is 65.4 Å². The van der Waals surface area contributed by atoms with Crippen molar-refractivity contribution >= 4 is 11.7 Å². The highest BCUT2D eigenvalue weighted by molar-refractivity contribution is 6.04. The molecule has 0 saturated carbocycles. The molecule has 0 fully saturated rings. The lowest BCUT2D eigenvalue weighted by atomic mass is 10.1. The smallest absolute Gasteiger partial charge is 0.256 e. The Balaban J connectivity index is 1.57. The van der Waals surface area contributed by atoms with Gasteiger partial charge in [-0.3, -0.25) is 9.48 Å². The molecule has 2 aromatic carbocycles. The van der Waals surface area contributed by atoms with E-state index in [0.717, 1.165) is 34.7 Å². The number of aromatic nitrogens is 2. The lowest BCUT2D eigenvalue weighted by Crippen LogP contribution is -2.14. The molecule has 4 rings (SSSR count). The summed E-state index contributed by atoms with van der Waals surface area (Å²) in [7, 11) is 3.43. The first-order valence-corrected chi connectivity index (χ1v) is 8.39. The van der Waals surface area contributed by atoms with Crippen LogP contribution in [0, 0.1) is 0 Å². The first-order chi connectivity index (χ1) is 12.6. The zero-order chi connectivity index (χ0) is 18.1. The molecule has 6 heteroatoms. The number of benzene rings is 2. The second kappa shape index (κ2) is 6.55. The molecule has 1 amide bonds. The Morgan fingerprint density at radius 1 is 1.23 bits per heavy atom. The summed E-state index contributed by atoms with van der Waals surface area (Å²) in [4.78, 5) is 12.6. The summed E-state index contributed by atoms with van der Waals surface area (Å²) in [5, 5.41) is 7.41. The van der Waals surface area contributed by atoms with Crippen molar-refractivity contribution in [2.75, 3.05) is 19.0 Å². The van der Waals surface area contributed by atoms with Crippen LogP contribution in [0.2, 0.25) is 0 Å². The third-order valence-corrected chi connectivity index (χ3v) is 4.44. The quantitative estimate of drug-likeness (QED) is 0.785. The van der Waals surface area contributed by atoms with Crippen LogP contribution in [0.25, 0.3) is 11.3 Å². The molecule has 0 aliphatic carbocycles. The predicted molar refractivity (Wildman–Crippen MR) is 98.8 cm³/mol. The van der Waals surface area contributed by atoms with E-state index in [0.29, 0.717) is 18.0 Å². The molecule has 132 valence electrons. The van der Waals surface area contributed by atoms with Crippen molar-refractivity contribution in [2.24, 2.45) is 7.05 Å². The van der Waals surface area contributed by atoms with Crippen LogP contribution in [0.15, 0.2) is 48.5 Å². The van der Waals surface area contributed by atoms with Gasteiger partial charge in [-0.2, -0.15) is 5.10 Å². The summed E-state index contributed by atoms with van der Waals surface area (Å²) in [5.74, 6) is 2.09. The van der Waals surface area contributed by atoms with Crippen LogP contribution in [0.5, 0.6) is 11.5 Å². The number of ether oxygens (including phenoxy) is 2. The average Bonchev–Trinajstić information content (AvgIpc) is 3.28. The number of methoxy groups -OCH3 is 1. The molecule has 1 aliphatic heterocycles. The highest BCUT2D eigenvalue weighted by Gasteiger charge is 2.16. The first-order valence-electron chi connectivity index (χ1n) is 8.39. The van der Waals surface area contributed by atoms with Crippen molar-refractivity contribution in [1.82, 2.24) is 9.78 Å². The summed E-state index contributed by atoms with van der Waals surface area (Å²) in [6, 6.07) is 15.0. The maximum atomic E-state index is 12.6. The Labute approximate surface area is 151 Å². The maximum absolute atomic E-state index is 12.6. The molecule has 1 aliphatic rings. The second-order valence-corrected chi connectivity index (χ2v) is 6.15. The van der Waals surface area contributed by atoms with E-state index >= 15 is 0 Å². The molecule has 0 unspecified atom stereocenters. The van der Waals surface area contributed by atoms with Crippen molar-refractivity contribution in [2.45, 2.75) is 6.42 Å². The minimum absolute atomic E-state index is 0.167. The molecule has 0 bridgehead atoms. The van der Waals surface area contributed by atoms with Crippen molar-refractivity contribution in [3.63, 3.8) is 0 Å². The lowest BCUT2D eigenvalue weighted by molar-refractivity contribution is 0.102. The number of nitrogens with one attached hydrogen (secondary N) is 1. The van der Waals surface area contributed by atoms with Gasteiger partial charge in [0.1, 0.15) is 17.3 Å². The average molecular weight is 349 g/mol. The molecule has 2 heterocycles. The SMILES string of the molecule is COc1cccc(-c2cc(NC(=O)c3ccc4c(c3)CCO4)n(C)n2)c1. The standard InChI is InChI=1S/C20H19N3O3/c1-23-19(12-17(22-23)13-4-3-5-16(11-13)25-2)21-20(24)15-6-7-18-14(10-15)8-9-26-18/h3-7,10-12H,8-9H2,1-2H3,(H,21,24). The van der Waals surface area contributed by atoms with E-state index < -0.39 is 0 Å². The van der Waals surface area contributed by atoms with E-state index in [1.54, 1.807) is 24.9 Å². The summed E-state index contributed by atoms with van der Waals surface area (Å²) in [5.41, 5.74) is 3.37. The minimum Gasteiger partial charge on any atom is -0.497 e. The molecule has 3 aromatic rings. The predicted octanol–water partition coefficient (Wildman–Crippen LogP) is 3.28. The molecule has 26 heavy (non-hydrogen) atoms. The van der Waals surface area contributed by atoms with Crippen LogP contribution in [-0.4, -0.2) is 29.4 Å². The highest BCUT2D eigenvalue weighted by atomic mass is 16.5. The largest absolute Gasteiger partial charge is 0.497 e. The van der Waals surface area contributed by atoms with Crippen LogP contribution < -0.4 is 14.8 Å². The molecule has 6 nitrogen and oxygen atoms in total. The van der Waals surface area contributed by atoms with Gasteiger partial charge in [0, 0.05) is 30.7 Å². The van der Waals surface area contributed by atoms with Gasteiger partial charge in [0.25, 0.3) is 5.91 Å². The number of carbonyl (C=O) groups is 1. The van der Waals surface area contributed by atoms with Gasteiger partial charge in [-0.15, -0.1) is 0 Å². The van der Waals surface area contributed by atoms with E-state index in [-0.39, 0.29) is 5.91 Å². The minimum atomic E-state index is -0.167. The monoisotopic (exact) mass is 349 g/mol. The summed E-state index contributed by atoms with van der Waals surface area (Å²) >= 11 is 0. The first kappa shape index (κ1) is 16.2. The van der Waals surface area contributed by atoms with Crippen LogP contribution >= 0.6 is 0 Å². The molecule has 1 N–H and O–H groups in total. The zero-order valence-corrected chi connectivity index (χ0v) is 14.7. The molecule has 0 radical (unpaired) electrons. The third-order valence-electron chi connectivity index (χ3n) is 4.44. The Hall–Kier alpha value is -3.28. The molecule has 0 atom stereocenters. The number of hydrogen-bond acceptors (Lipinski definition) is 4. The van der Waals surface area contributed by atoms with Gasteiger partial charge in [-0.25, -0.2) is 0 Å². The van der Waals surface area contributed by atoms with Gasteiger partial charge < -0.3 is 14.8 Å². The molecule has 1 aromatic heterocycles. The zero-order valence-electron chi connectivity index (χ0n) is 14.7. The second-order valence-electron chi connectivity index (χ2n) is 6.15. The Morgan fingerprint density at radius 2 is 2.12 bits per heavy atom. The molecular weight excluding hydrogens is 330 g/mol. The number of aryl methyl sites for hydroxylation is 1. The Morgan fingerprint density at radius 3 is 2.96 bits per heavy atom. The fourth-order valence-corrected chi connectivity index (χ4v) is 3.02. The van der Waals surface area contributed by atoms with E-state index in [2.05, 4.69) is 10.4 Å². The Kier molecular flexibility index (Phi) is 4.08. The van der Waals surface area contributed by atoms with Gasteiger partial charge in [-0.1, -0.05) is 12.1 Å². The fourth-order valence-electron chi connectivity index (χ4n) is 3.02. The van der Waals surface area contributed by atoms with Gasteiger partial charge in [0.2, 0.25) is 0 Å². The van der Waals surface area contributed by atoms with Crippen LogP contribution in [0.3, 0.4) is 0 Å². The number of fused-ring (bicyclic) bond motifs is 1. The summed E-state index contributed by atoms with van der Waals surface area (Å²) in [6.45, 7) is 0.673. The van der Waals surface area contributed by atoms with Crippen LogP contribution in [0.4, 0.5) is 5.82 Å². The number of anilines is 1. The van der Waals surface area contributed by atoms with Gasteiger partial charge in [-0.05, 0) is 35.9 Å². The number of amides is 1. The number of hydrogen-bond donors (Lipinski definition) is 1. The van der Waals surface area contributed by atoms with Crippen molar-refractivity contribution in [1.29, 1.82) is 0 Å². The summed E-state index contributed by atoms with van der Waals surface area (Å²) in [6.07, 6.45) is 0.835. The van der Waals surface area contributed by atoms with E-state index in [9.17, 15) is 4.79 Å². The fraction of sp³-hybridized carbons (Fsp3) is 0.200. The van der Waals surface area contributed by atoms with Gasteiger partial charge in [0.05, 0.1) is 19.4 Å².